The smallest absolute Gasteiger partial charge is 0.258 e. The molecule has 0 saturated carbocycles. The Hall–Kier alpha value is -4.05. The first kappa shape index (κ1) is 28.7. The predicted octanol–water partition coefficient (Wildman–Crippen LogP) is 5.97. The summed E-state index contributed by atoms with van der Waals surface area (Å²) in [5.74, 6) is 0.297. The Balaban J connectivity index is 1.22. The molecule has 44 heavy (non-hydrogen) atoms. The summed E-state index contributed by atoms with van der Waals surface area (Å²) in [5.41, 5.74) is 5.73. The molecule has 2 N–H and O–H groups in total. The van der Waals surface area contributed by atoms with E-state index in [0.717, 1.165) is 50.1 Å². The summed E-state index contributed by atoms with van der Waals surface area (Å²) >= 11 is 0. The van der Waals surface area contributed by atoms with E-state index in [-0.39, 0.29) is 11.8 Å². The van der Waals surface area contributed by atoms with Crippen LogP contribution >= 0.6 is 0 Å². The molecule has 0 radical (unpaired) electrons. The first-order chi connectivity index (χ1) is 21.4. The van der Waals surface area contributed by atoms with Crippen molar-refractivity contribution in [3.63, 3.8) is 0 Å². The van der Waals surface area contributed by atoms with Crippen molar-refractivity contribution in [3.8, 4) is 17.0 Å². The number of imidazole rings is 1. The van der Waals surface area contributed by atoms with Crippen molar-refractivity contribution in [2.24, 2.45) is 11.3 Å². The van der Waals surface area contributed by atoms with E-state index in [1.54, 1.807) is 12.1 Å². The van der Waals surface area contributed by atoms with Crippen LogP contribution in [0.3, 0.4) is 0 Å². The fraction of sp³-hybridized carbons (Fsp3) is 0.471. The molecule has 1 amide bonds. The lowest BCUT2D eigenvalue weighted by Crippen LogP contribution is -2.45. The van der Waals surface area contributed by atoms with Crippen LogP contribution in [0.5, 0.6) is 5.75 Å². The summed E-state index contributed by atoms with van der Waals surface area (Å²) < 4.78 is 22.3. The normalized spacial score (nSPS) is 20.7. The molecule has 2 bridgehead atoms. The Morgan fingerprint density at radius 2 is 1.86 bits per heavy atom. The zero-order valence-corrected chi connectivity index (χ0v) is 25.5. The number of carbonyl (C=O) groups is 1. The minimum Gasteiger partial charge on any atom is -0.493 e. The molecule has 0 aliphatic carbocycles. The third-order valence-corrected chi connectivity index (χ3v) is 9.73. The van der Waals surface area contributed by atoms with E-state index in [0.29, 0.717) is 52.8 Å². The predicted molar refractivity (Wildman–Crippen MR) is 170 cm³/mol. The van der Waals surface area contributed by atoms with Gasteiger partial charge in [0.2, 0.25) is 11.9 Å². The average molecular weight is 598 g/mol. The van der Waals surface area contributed by atoms with E-state index in [4.69, 9.17) is 9.72 Å². The first-order valence-corrected chi connectivity index (χ1v) is 15.9. The maximum absolute atomic E-state index is 14.1. The second-order valence-electron chi connectivity index (χ2n) is 12.9. The van der Waals surface area contributed by atoms with Crippen LogP contribution in [0.4, 0.5) is 16.0 Å². The molecule has 4 aromatic rings. The van der Waals surface area contributed by atoms with Gasteiger partial charge < -0.3 is 19.5 Å². The van der Waals surface area contributed by atoms with Crippen molar-refractivity contribution in [3.05, 3.63) is 59.8 Å². The molecular weight excluding hydrogens is 557 g/mol. The number of hydrogen-bond acceptors (Lipinski definition) is 7. The number of fused-ring (bicyclic) bond motifs is 7. The monoisotopic (exact) mass is 597 g/mol. The highest BCUT2D eigenvalue weighted by molar-refractivity contribution is 6.05. The third kappa shape index (κ3) is 5.75. The van der Waals surface area contributed by atoms with Gasteiger partial charge in [-0.1, -0.05) is 6.92 Å². The van der Waals surface area contributed by atoms with E-state index in [1.165, 1.54) is 43.6 Å². The highest BCUT2D eigenvalue weighted by Crippen LogP contribution is 2.41. The topological polar surface area (TPSA) is 97.2 Å². The number of hydrogen-bond donors (Lipinski definition) is 2. The van der Waals surface area contributed by atoms with E-state index in [2.05, 4.69) is 55.2 Å². The Morgan fingerprint density at radius 3 is 2.68 bits per heavy atom. The number of nitrogens with one attached hydrogen (secondary N) is 2. The number of halogens is 1. The maximum atomic E-state index is 14.1. The Kier molecular flexibility index (Phi) is 7.70. The number of piperidine rings is 2. The van der Waals surface area contributed by atoms with Crippen LogP contribution in [0.25, 0.3) is 22.3 Å². The molecule has 0 unspecified atom stereocenters. The Morgan fingerprint density at radius 1 is 1.05 bits per heavy atom. The SMILES string of the molecule is Cc1cc2cc(n1)-c1cnc(F)cc1OCCC[C@@H](C)Cn1c(nc3ccc(N4CCC5(CCNCC5)CC4)cc31)NC2=O. The number of benzene rings is 1. The molecule has 230 valence electrons. The van der Waals surface area contributed by atoms with E-state index in [1.807, 2.05) is 6.92 Å². The molecule has 9 nitrogen and oxygen atoms in total. The first-order valence-electron chi connectivity index (χ1n) is 15.9. The number of carbonyl (C=O) groups excluding carboxylic acids is 1. The number of anilines is 2. The minimum atomic E-state index is -0.618. The van der Waals surface area contributed by atoms with E-state index >= 15 is 0 Å². The lowest BCUT2D eigenvalue weighted by Gasteiger charge is -2.45. The Labute approximate surface area is 257 Å². The van der Waals surface area contributed by atoms with Crippen molar-refractivity contribution in [1.82, 2.24) is 24.8 Å². The van der Waals surface area contributed by atoms with Gasteiger partial charge in [-0.3, -0.25) is 15.1 Å². The van der Waals surface area contributed by atoms with Gasteiger partial charge in [0.05, 0.1) is 28.9 Å². The summed E-state index contributed by atoms with van der Waals surface area (Å²) in [4.78, 5) is 29.6. The summed E-state index contributed by atoms with van der Waals surface area (Å²) in [6, 6.07) is 11.2. The largest absolute Gasteiger partial charge is 0.493 e. The van der Waals surface area contributed by atoms with Gasteiger partial charge in [0.15, 0.2) is 0 Å². The zero-order valence-electron chi connectivity index (χ0n) is 25.5. The van der Waals surface area contributed by atoms with Crippen LogP contribution < -0.4 is 20.3 Å². The molecule has 1 aromatic carbocycles. The van der Waals surface area contributed by atoms with Crippen LogP contribution in [0, 0.1) is 24.2 Å². The van der Waals surface area contributed by atoms with E-state index in [9.17, 15) is 9.18 Å². The molecule has 2 saturated heterocycles. The number of aryl methyl sites for hydroxylation is 1. The molecule has 3 aromatic heterocycles. The number of aromatic nitrogens is 4. The van der Waals surface area contributed by atoms with Crippen LogP contribution in [0.1, 0.15) is 61.5 Å². The Bertz CT molecular complexity index is 1690. The summed E-state index contributed by atoms with van der Waals surface area (Å²) in [7, 11) is 0. The number of pyridine rings is 2. The molecule has 1 spiro atoms. The quantitative estimate of drug-likeness (QED) is 0.261. The van der Waals surface area contributed by atoms with Crippen LogP contribution in [-0.2, 0) is 6.54 Å². The average Bonchev–Trinajstić information content (AvgIpc) is 3.35. The van der Waals surface area contributed by atoms with Crippen LogP contribution in [0.15, 0.2) is 42.6 Å². The summed E-state index contributed by atoms with van der Waals surface area (Å²) in [5, 5.41) is 6.62. The lowest BCUT2D eigenvalue weighted by atomic mass is 9.71. The lowest BCUT2D eigenvalue weighted by molar-refractivity contribution is 0.102. The number of rotatable bonds is 1. The van der Waals surface area contributed by atoms with Gasteiger partial charge >= 0.3 is 0 Å². The molecule has 10 heteroatoms. The third-order valence-electron chi connectivity index (χ3n) is 9.73. The van der Waals surface area contributed by atoms with Gasteiger partial charge in [0, 0.05) is 48.8 Å². The van der Waals surface area contributed by atoms with Crippen LogP contribution in [0.2, 0.25) is 0 Å². The van der Waals surface area contributed by atoms with Gasteiger partial charge in [-0.15, -0.1) is 0 Å². The highest BCUT2D eigenvalue weighted by Gasteiger charge is 2.35. The van der Waals surface area contributed by atoms with Crippen molar-refractivity contribution < 1.29 is 13.9 Å². The van der Waals surface area contributed by atoms with E-state index < -0.39 is 5.95 Å². The number of nitrogens with zero attached hydrogens (tertiary/aromatic N) is 5. The van der Waals surface area contributed by atoms with Crippen molar-refractivity contribution in [2.45, 2.75) is 58.9 Å². The minimum absolute atomic E-state index is 0.281. The van der Waals surface area contributed by atoms with Crippen molar-refractivity contribution in [2.75, 3.05) is 43.0 Å². The fourth-order valence-corrected chi connectivity index (χ4v) is 7.14. The number of amides is 1. The summed E-state index contributed by atoms with van der Waals surface area (Å²) in [6.07, 6.45) is 8.11. The second kappa shape index (κ2) is 11.8. The van der Waals surface area contributed by atoms with Gasteiger partial charge in [-0.25, -0.2) is 9.97 Å². The van der Waals surface area contributed by atoms with Gasteiger partial charge in [0.25, 0.3) is 5.91 Å². The van der Waals surface area contributed by atoms with Gasteiger partial charge in [0.1, 0.15) is 5.75 Å². The molecule has 2 fully saturated rings. The van der Waals surface area contributed by atoms with Gasteiger partial charge in [-0.2, -0.15) is 4.39 Å². The van der Waals surface area contributed by atoms with Crippen LogP contribution in [-0.4, -0.2) is 58.2 Å². The summed E-state index contributed by atoms with van der Waals surface area (Å²) in [6.45, 7) is 9.55. The molecule has 1 atom stereocenters. The molecule has 6 heterocycles. The number of ether oxygens (including phenoxy) is 1. The highest BCUT2D eigenvalue weighted by atomic mass is 19.1. The molecule has 3 aliphatic rings. The standard InChI is InChI=1S/C34H40FN7O2/c1-22-4-3-15-44-30-19-31(35)37-20-26(30)28-17-24(16-23(2)38-28)32(43)40-33-39-27-6-5-25(18-29(27)42(33)21-22)41-13-9-34(10-14-41)7-11-36-12-8-34/h5-6,16-20,22,36H,3-4,7-15,21H2,1-2H3,(H,39,40,43)/t22-/m1/s1. The maximum Gasteiger partial charge on any atom is 0.258 e. The fourth-order valence-electron chi connectivity index (χ4n) is 7.14. The van der Waals surface area contributed by atoms with Crippen molar-refractivity contribution in [1.29, 1.82) is 0 Å². The zero-order chi connectivity index (χ0) is 30.3. The van der Waals surface area contributed by atoms with Crippen molar-refractivity contribution >= 4 is 28.6 Å². The molecular formula is C34H40FN7O2. The molecule has 3 aliphatic heterocycles. The second-order valence-corrected chi connectivity index (χ2v) is 12.9. The molecule has 7 rings (SSSR count). The van der Waals surface area contributed by atoms with Gasteiger partial charge in [-0.05, 0) is 100 Å².